The summed E-state index contributed by atoms with van der Waals surface area (Å²) in [6, 6.07) is 13.9. The molecule has 0 aliphatic heterocycles. The molecule has 0 bridgehead atoms. The molecule has 0 fully saturated rings. The molecule has 27 heavy (non-hydrogen) atoms. The quantitative estimate of drug-likeness (QED) is 0.704. The fourth-order valence-electron chi connectivity index (χ4n) is 2.74. The van der Waals surface area contributed by atoms with E-state index < -0.39 is 0 Å². The van der Waals surface area contributed by atoms with Gasteiger partial charge in [-0.25, -0.2) is 14.4 Å². The van der Waals surface area contributed by atoms with Crippen LogP contribution in [0.25, 0.3) is 0 Å². The third-order valence-electron chi connectivity index (χ3n) is 4.12. The average molecular weight is 364 g/mol. The zero-order valence-electron chi connectivity index (χ0n) is 15.5. The summed E-state index contributed by atoms with van der Waals surface area (Å²) in [7, 11) is 0. The van der Waals surface area contributed by atoms with E-state index in [0.717, 1.165) is 16.8 Å². The number of rotatable bonds is 5. The Morgan fingerprint density at radius 3 is 2.56 bits per heavy atom. The zero-order chi connectivity index (χ0) is 19.4. The van der Waals surface area contributed by atoms with Gasteiger partial charge in [0.2, 0.25) is 0 Å². The van der Waals surface area contributed by atoms with E-state index in [2.05, 4.69) is 20.6 Å². The van der Waals surface area contributed by atoms with Crippen LogP contribution in [-0.2, 0) is 6.54 Å². The second kappa shape index (κ2) is 7.95. The monoisotopic (exact) mass is 364 g/mol. The molecule has 0 aliphatic carbocycles. The number of aromatic nitrogens is 2. The standard InChI is InChI=1S/C21H21FN4O/c1-13-8-9-18(14(2)10-13)26-21(27)19-11-20(25-15(3)24-19)23-12-16-6-4-5-7-17(16)22/h4-11H,12H2,1-3H3,(H,26,27)(H,23,24,25). The van der Waals surface area contributed by atoms with Gasteiger partial charge in [-0.05, 0) is 38.5 Å². The van der Waals surface area contributed by atoms with Crippen molar-refractivity contribution < 1.29 is 9.18 Å². The first-order valence-corrected chi connectivity index (χ1v) is 8.64. The molecule has 5 nitrogen and oxygen atoms in total. The lowest BCUT2D eigenvalue weighted by Gasteiger charge is -2.11. The number of amides is 1. The maximum atomic E-state index is 13.8. The van der Waals surface area contributed by atoms with E-state index in [-0.39, 0.29) is 24.0 Å². The van der Waals surface area contributed by atoms with Crippen molar-refractivity contribution in [1.29, 1.82) is 0 Å². The zero-order valence-corrected chi connectivity index (χ0v) is 15.5. The Morgan fingerprint density at radius 1 is 1.04 bits per heavy atom. The van der Waals surface area contributed by atoms with E-state index >= 15 is 0 Å². The normalized spacial score (nSPS) is 10.5. The van der Waals surface area contributed by atoms with Crippen LogP contribution in [0.15, 0.2) is 48.5 Å². The van der Waals surface area contributed by atoms with Crippen LogP contribution < -0.4 is 10.6 Å². The summed E-state index contributed by atoms with van der Waals surface area (Å²) in [6.07, 6.45) is 0. The van der Waals surface area contributed by atoms with E-state index in [9.17, 15) is 9.18 Å². The highest BCUT2D eigenvalue weighted by atomic mass is 19.1. The number of carbonyl (C=O) groups excluding carboxylic acids is 1. The summed E-state index contributed by atoms with van der Waals surface area (Å²) < 4.78 is 13.8. The molecular formula is C21H21FN4O. The van der Waals surface area contributed by atoms with Crippen molar-refractivity contribution in [2.45, 2.75) is 27.3 Å². The van der Waals surface area contributed by atoms with Gasteiger partial charge in [0.25, 0.3) is 5.91 Å². The van der Waals surface area contributed by atoms with Crippen molar-refractivity contribution in [2.24, 2.45) is 0 Å². The van der Waals surface area contributed by atoms with Crippen LogP contribution >= 0.6 is 0 Å². The van der Waals surface area contributed by atoms with E-state index in [0.29, 0.717) is 17.2 Å². The largest absolute Gasteiger partial charge is 0.366 e. The van der Waals surface area contributed by atoms with Crippen LogP contribution in [0.4, 0.5) is 15.9 Å². The average Bonchev–Trinajstić information content (AvgIpc) is 2.63. The first kappa shape index (κ1) is 18.5. The lowest BCUT2D eigenvalue weighted by Crippen LogP contribution is -2.16. The highest BCUT2D eigenvalue weighted by Crippen LogP contribution is 2.18. The molecule has 0 saturated heterocycles. The number of hydrogen-bond acceptors (Lipinski definition) is 4. The number of benzene rings is 2. The van der Waals surface area contributed by atoms with Crippen LogP contribution in [-0.4, -0.2) is 15.9 Å². The first-order chi connectivity index (χ1) is 12.9. The van der Waals surface area contributed by atoms with Crippen LogP contribution in [0.1, 0.15) is 33.0 Å². The van der Waals surface area contributed by atoms with Crippen LogP contribution in [0.2, 0.25) is 0 Å². The molecule has 0 radical (unpaired) electrons. The second-order valence-corrected chi connectivity index (χ2v) is 6.40. The fraction of sp³-hybridized carbons (Fsp3) is 0.190. The molecule has 1 aromatic heterocycles. The molecule has 0 unspecified atom stereocenters. The Hall–Kier alpha value is -3.28. The van der Waals surface area contributed by atoms with Crippen molar-refractivity contribution >= 4 is 17.4 Å². The number of hydrogen-bond donors (Lipinski definition) is 2. The first-order valence-electron chi connectivity index (χ1n) is 8.64. The minimum Gasteiger partial charge on any atom is -0.366 e. The third kappa shape index (κ3) is 4.67. The minimum absolute atomic E-state index is 0.249. The molecule has 138 valence electrons. The lowest BCUT2D eigenvalue weighted by molar-refractivity contribution is 0.102. The van der Waals surface area contributed by atoms with Crippen LogP contribution in [0, 0.1) is 26.6 Å². The molecular weight excluding hydrogens is 343 g/mol. The van der Waals surface area contributed by atoms with E-state index in [1.807, 2.05) is 32.0 Å². The molecule has 0 spiro atoms. The Balaban J connectivity index is 1.76. The fourth-order valence-corrected chi connectivity index (χ4v) is 2.74. The smallest absolute Gasteiger partial charge is 0.274 e. The SMILES string of the molecule is Cc1ccc(NC(=O)c2cc(NCc3ccccc3F)nc(C)n2)c(C)c1. The van der Waals surface area contributed by atoms with Crippen LogP contribution in [0.3, 0.4) is 0 Å². The summed E-state index contributed by atoms with van der Waals surface area (Å²) in [4.78, 5) is 21.1. The maximum absolute atomic E-state index is 13.8. The number of nitrogens with zero attached hydrogens (tertiary/aromatic N) is 2. The van der Waals surface area contributed by atoms with Gasteiger partial charge in [-0.1, -0.05) is 35.9 Å². The second-order valence-electron chi connectivity index (χ2n) is 6.40. The number of anilines is 2. The van der Waals surface area contributed by atoms with Gasteiger partial charge in [-0.2, -0.15) is 0 Å². The van der Waals surface area contributed by atoms with E-state index in [4.69, 9.17) is 0 Å². The predicted molar refractivity (Wildman–Crippen MR) is 104 cm³/mol. The molecule has 0 saturated carbocycles. The van der Waals surface area contributed by atoms with Crippen molar-refractivity contribution in [3.63, 3.8) is 0 Å². The topological polar surface area (TPSA) is 66.9 Å². The van der Waals surface area contributed by atoms with Crippen LogP contribution in [0.5, 0.6) is 0 Å². The van der Waals surface area contributed by atoms with Gasteiger partial charge in [0, 0.05) is 23.9 Å². The molecule has 1 amide bonds. The summed E-state index contributed by atoms with van der Waals surface area (Å²) in [5.41, 5.74) is 3.62. The van der Waals surface area contributed by atoms with E-state index in [1.54, 1.807) is 31.2 Å². The van der Waals surface area contributed by atoms with Gasteiger partial charge >= 0.3 is 0 Å². The number of halogens is 1. The van der Waals surface area contributed by atoms with Crippen molar-refractivity contribution in [1.82, 2.24) is 9.97 Å². The molecule has 2 N–H and O–H groups in total. The van der Waals surface area contributed by atoms with Gasteiger partial charge in [0.05, 0.1) is 0 Å². The van der Waals surface area contributed by atoms with Crippen molar-refractivity contribution in [3.05, 3.63) is 82.6 Å². The molecule has 0 aliphatic rings. The van der Waals surface area contributed by atoms with Gasteiger partial charge in [0.1, 0.15) is 23.2 Å². The number of carbonyl (C=O) groups is 1. The number of nitrogens with one attached hydrogen (secondary N) is 2. The van der Waals surface area contributed by atoms with E-state index in [1.165, 1.54) is 6.07 Å². The third-order valence-corrected chi connectivity index (χ3v) is 4.12. The Labute approximate surface area is 157 Å². The summed E-state index contributed by atoms with van der Waals surface area (Å²) >= 11 is 0. The Kier molecular flexibility index (Phi) is 5.45. The molecule has 1 heterocycles. The highest BCUT2D eigenvalue weighted by Gasteiger charge is 2.12. The summed E-state index contributed by atoms with van der Waals surface area (Å²) in [5, 5.41) is 5.92. The van der Waals surface area contributed by atoms with Gasteiger partial charge < -0.3 is 10.6 Å². The molecule has 0 atom stereocenters. The minimum atomic E-state index is -0.318. The van der Waals surface area contributed by atoms with Gasteiger partial charge in [0.15, 0.2) is 0 Å². The summed E-state index contributed by atoms with van der Waals surface area (Å²) in [5.74, 6) is 0.320. The lowest BCUT2D eigenvalue weighted by atomic mass is 10.1. The highest BCUT2D eigenvalue weighted by molar-refractivity contribution is 6.03. The number of aryl methyl sites for hydroxylation is 3. The Morgan fingerprint density at radius 2 is 1.81 bits per heavy atom. The Bertz CT molecular complexity index is 988. The van der Waals surface area contributed by atoms with Gasteiger partial charge in [-0.3, -0.25) is 4.79 Å². The van der Waals surface area contributed by atoms with Crippen molar-refractivity contribution in [2.75, 3.05) is 10.6 Å². The molecule has 3 aromatic rings. The molecule has 6 heteroatoms. The predicted octanol–water partition coefficient (Wildman–Crippen LogP) is 4.41. The summed E-state index contributed by atoms with van der Waals surface area (Å²) in [6.45, 7) is 5.92. The molecule has 3 rings (SSSR count). The molecule has 2 aromatic carbocycles. The maximum Gasteiger partial charge on any atom is 0.274 e. The van der Waals surface area contributed by atoms with Gasteiger partial charge in [-0.15, -0.1) is 0 Å². The van der Waals surface area contributed by atoms with Crippen molar-refractivity contribution in [3.8, 4) is 0 Å².